The van der Waals surface area contributed by atoms with Gasteiger partial charge in [0, 0.05) is 13.1 Å². The first-order chi connectivity index (χ1) is 5.38. The molecule has 57 valence electrons. The van der Waals surface area contributed by atoms with Gasteiger partial charge in [-0.1, -0.05) is 0 Å². The lowest BCUT2D eigenvalue weighted by Crippen LogP contribution is -2.28. The van der Waals surface area contributed by atoms with E-state index in [1.165, 1.54) is 6.42 Å². The van der Waals surface area contributed by atoms with Crippen molar-refractivity contribution in [2.75, 3.05) is 13.1 Å². The molecule has 0 N–H and O–H groups in total. The fourth-order valence-corrected chi connectivity index (χ4v) is 1.29. The smallest absolute Gasteiger partial charge is 0.175 e. The molecular formula is C9H10NO. The number of allylic oxidation sites excluding steroid dienone is 1. The summed E-state index contributed by atoms with van der Waals surface area (Å²) < 4.78 is 0. The van der Waals surface area contributed by atoms with E-state index in [-0.39, 0.29) is 5.70 Å². The molecule has 0 saturated carbocycles. The van der Waals surface area contributed by atoms with Crippen LogP contribution in [0, 0.1) is 12.3 Å². The molecule has 0 spiro atoms. The molecule has 11 heavy (non-hydrogen) atoms. The topological polar surface area (TPSA) is 20.3 Å². The Hall–Kier alpha value is -1.19. The van der Waals surface area contributed by atoms with Gasteiger partial charge in [-0.2, -0.15) is 0 Å². The molecule has 1 aliphatic rings. The molecule has 0 amide bonds. The molecule has 1 radical (unpaired) electrons. The monoisotopic (exact) mass is 148 g/mol. The average molecular weight is 148 g/mol. The lowest BCUT2D eigenvalue weighted by Gasteiger charge is -2.26. The largest absolute Gasteiger partial charge is 0.356 e. The van der Waals surface area contributed by atoms with Crippen LogP contribution in [0.5, 0.6) is 0 Å². The van der Waals surface area contributed by atoms with E-state index in [1.807, 2.05) is 4.90 Å². The van der Waals surface area contributed by atoms with Crippen LogP contribution in [-0.2, 0) is 4.79 Å². The van der Waals surface area contributed by atoms with Crippen molar-refractivity contribution in [3.63, 3.8) is 0 Å². The summed E-state index contributed by atoms with van der Waals surface area (Å²) in [4.78, 5) is 12.1. The zero-order valence-corrected chi connectivity index (χ0v) is 6.39. The summed E-state index contributed by atoms with van der Waals surface area (Å²) in [6.45, 7) is 1.74. The van der Waals surface area contributed by atoms with Crippen molar-refractivity contribution in [3.8, 4) is 5.92 Å². The summed E-state index contributed by atoms with van der Waals surface area (Å²) >= 11 is 0. The van der Waals surface area contributed by atoms with E-state index in [2.05, 4.69) is 5.92 Å². The second kappa shape index (κ2) is 3.85. The number of likely N-dealkylation sites (tertiary alicyclic amines) is 1. The van der Waals surface area contributed by atoms with E-state index in [1.54, 1.807) is 5.94 Å². The Morgan fingerprint density at radius 2 is 1.91 bits per heavy atom. The molecule has 1 saturated heterocycles. The molecule has 0 unspecified atom stereocenters. The van der Waals surface area contributed by atoms with E-state index in [0.29, 0.717) is 0 Å². The minimum atomic E-state index is 0.268. The molecule has 2 nitrogen and oxygen atoms in total. The third-order valence-electron chi connectivity index (χ3n) is 1.89. The molecule has 0 aromatic heterocycles. The fourth-order valence-electron chi connectivity index (χ4n) is 1.29. The summed E-state index contributed by atoms with van der Waals surface area (Å²) in [5.74, 6) is 3.81. The van der Waals surface area contributed by atoms with Gasteiger partial charge in [0.15, 0.2) is 11.6 Å². The predicted molar refractivity (Wildman–Crippen MR) is 41.8 cm³/mol. The maximum Gasteiger partial charge on any atom is 0.175 e. The number of hydrogen-bond acceptors (Lipinski definition) is 2. The Balaban J connectivity index is 2.59. The highest BCUT2D eigenvalue weighted by atomic mass is 16.1. The summed E-state index contributed by atoms with van der Waals surface area (Å²) in [5.41, 5.74) is 0.268. The molecule has 1 aliphatic heterocycles. The molecule has 0 aliphatic carbocycles. The molecule has 0 aromatic carbocycles. The molecule has 1 fully saturated rings. The first-order valence-corrected chi connectivity index (χ1v) is 3.81. The zero-order valence-electron chi connectivity index (χ0n) is 6.39. The van der Waals surface area contributed by atoms with Gasteiger partial charge in [0.25, 0.3) is 0 Å². The molecule has 1 rings (SSSR count). The van der Waals surface area contributed by atoms with Crippen LogP contribution in [0.2, 0.25) is 0 Å². The van der Waals surface area contributed by atoms with Gasteiger partial charge >= 0.3 is 0 Å². The molecule has 2 heteroatoms. The van der Waals surface area contributed by atoms with Crippen LogP contribution < -0.4 is 0 Å². The summed E-state index contributed by atoms with van der Waals surface area (Å²) in [6.07, 6.45) is 10.2. The zero-order chi connectivity index (χ0) is 8.10. The number of hydrogen-bond donors (Lipinski definition) is 0. The van der Waals surface area contributed by atoms with Gasteiger partial charge in [0.1, 0.15) is 0 Å². The van der Waals surface area contributed by atoms with Gasteiger partial charge in [0.2, 0.25) is 0 Å². The van der Waals surface area contributed by atoms with Crippen LogP contribution in [0.25, 0.3) is 0 Å². The van der Waals surface area contributed by atoms with Gasteiger partial charge in [-0.15, -0.1) is 0 Å². The van der Waals surface area contributed by atoms with E-state index < -0.39 is 0 Å². The van der Waals surface area contributed by atoms with Crippen molar-refractivity contribution in [3.05, 3.63) is 12.1 Å². The third kappa shape index (κ3) is 1.86. The molecular weight excluding hydrogens is 138 g/mol. The predicted octanol–water partition coefficient (Wildman–Crippen LogP) is 0.778. The van der Waals surface area contributed by atoms with Crippen molar-refractivity contribution in [2.45, 2.75) is 19.3 Å². The Morgan fingerprint density at radius 1 is 1.27 bits per heavy atom. The summed E-state index contributed by atoms with van der Waals surface area (Å²) in [7, 11) is 0. The number of piperidine rings is 1. The number of carbonyl (C=O) groups excluding carboxylic acids is 1. The first kappa shape index (κ1) is 7.91. The molecule has 0 aromatic rings. The highest BCUT2D eigenvalue weighted by Gasteiger charge is 2.11. The van der Waals surface area contributed by atoms with E-state index >= 15 is 0 Å². The van der Waals surface area contributed by atoms with Crippen molar-refractivity contribution in [2.24, 2.45) is 0 Å². The Bertz CT molecular complexity index is 214. The lowest BCUT2D eigenvalue weighted by molar-refractivity contribution is 0.297. The van der Waals surface area contributed by atoms with Crippen LogP contribution in [-0.4, -0.2) is 23.9 Å². The minimum absolute atomic E-state index is 0.268. The van der Waals surface area contributed by atoms with Crippen LogP contribution >= 0.6 is 0 Å². The second-order valence-corrected chi connectivity index (χ2v) is 2.62. The van der Waals surface area contributed by atoms with Gasteiger partial charge in [0.05, 0.1) is 0 Å². The normalized spacial score (nSPS) is 16.8. The van der Waals surface area contributed by atoms with Crippen LogP contribution in [0.4, 0.5) is 0 Å². The second-order valence-electron chi connectivity index (χ2n) is 2.62. The minimum Gasteiger partial charge on any atom is -0.356 e. The van der Waals surface area contributed by atoms with Crippen LogP contribution in [0.3, 0.4) is 0 Å². The Kier molecular flexibility index (Phi) is 2.77. The Labute approximate surface area is 66.9 Å². The van der Waals surface area contributed by atoms with Gasteiger partial charge in [-0.05, 0) is 31.6 Å². The maximum absolute atomic E-state index is 10.2. The van der Waals surface area contributed by atoms with Crippen molar-refractivity contribution < 1.29 is 4.79 Å². The Morgan fingerprint density at radius 3 is 2.36 bits per heavy atom. The van der Waals surface area contributed by atoms with E-state index in [4.69, 9.17) is 6.42 Å². The maximum atomic E-state index is 10.2. The highest BCUT2D eigenvalue weighted by molar-refractivity contribution is 5.58. The summed E-state index contributed by atoms with van der Waals surface area (Å²) in [6, 6.07) is 0. The number of nitrogens with zero attached hydrogens (tertiary/aromatic N) is 1. The fraction of sp³-hybridized carbons (Fsp3) is 0.556. The number of rotatable bonds is 1. The van der Waals surface area contributed by atoms with E-state index in [9.17, 15) is 4.79 Å². The SMILES string of the molecule is [C]#CC(=C=O)N1CCCCC1. The third-order valence-corrected chi connectivity index (χ3v) is 1.89. The van der Waals surface area contributed by atoms with Crippen LogP contribution in [0.1, 0.15) is 19.3 Å². The molecule has 1 heterocycles. The highest BCUT2D eigenvalue weighted by Crippen LogP contribution is 2.11. The van der Waals surface area contributed by atoms with Crippen molar-refractivity contribution >= 4 is 5.94 Å². The molecule has 0 atom stereocenters. The van der Waals surface area contributed by atoms with Gasteiger partial charge < -0.3 is 4.90 Å². The van der Waals surface area contributed by atoms with Gasteiger partial charge in [-0.3, -0.25) is 0 Å². The lowest BCUT2D eigenvalue weighted by atomic mass is 10.1. The van der Waals surface area contributed by atoms with Crippen molar-refractivity contribution in [1.29, 1.82) is 0 Å². The summed E-state index contributed by atoms with van der Waals surface area (Å²) in [5, 5.41) is 0. The van der Waals surface area contributed by atoms with Gasteiger partial charge in [-0.25, -0.2) is 4.79 Å². The first-order valence-electron chi connectivity index (χ1n) is 3.81. The van der Waals surface area contributed by atoms with Crippen LogP contribution in [0.15, 0.2) is 5.70 Å². The quantitative estimate of drug-likeness (QED) is 0.404. The van der Waals surface area contributed by atoms with Crippen molar-refractivity contribution in [1.82, 2.24) is 4.90 Å². The molecule has 0 bridgehead atoms. The standard InChI is InChI=1S/C9H10NO/c1-2-9(8-11)10-6-4-3-5-7-10/h3-7H2. The average Bonchev–Trinajstić information content (AvgIpc) is 2.09. The van der Waals surface area contributed by atoms with E-state index in [0.717, 1.165) is 25.9 Å².